The van der Waals surface area contributed by atoms with Crippen LogP contribution in [0.15, 0.2) is 6.20 Å². The number of hydrogen-bond donors (Lipinski definition) is 2. The van der Waals surface area contributed by atoms with Crippen molar-refractivity contribution in [2.75, 3.05) is 6.61 Å². The molecule has 1 aromatic heterocycles. The fourth-order valence-electron chi connectivity index (χ4n) is 1.96. The Morgan fingerprint density at radius 1 is 1.73 bits per heavy atom. The van der Waals surface area contributed by atoms with E-state index in [1.54, 1.807) is 0 Å². The number of nitrogens with zero attached hydrogens (tertiary/aromatic N) is 1. The molecule has 0 aromatic carbocycles. The van der Waals surface area contributed by atoms with Crippen LogP contribution in [0.1, 0.15) is 31.3 Å². The Kier molecular flexibility index (Phi) is 3.38. The molecule has 0 spiro atoms. The summed E-state index contributed by atoms with van der Waals surface area (Å²) in [5.74, 6) is 0.969. The number of aromatic amines is 1. The molecule has 1 saturated heterocycles. The predicted molar refractivity (Wildman–Crippen MR) is 58.6 cm³/mol. The van der Waals surface area contributed by atoms with Crippen LogP contribution in [-0.4, -0.2) is 28.7 Å². The van der Waals surface area contributed by atoms with Crippen molar-refractivity contribution in [3.8, 4) is 0 Å². The first kappa shape index (κ1) is 10.6. The molecule has 0 saturated carbocycles. The van der Waals surface area contributed by atoms with Crippen molar-refractivity contribution in [1.29, 1.82) is 0 Å². The van der Waals surface area contributed by atoms with Gasteiger partial charge in [0.15, 0.2) is 0 Å². The maximum atomic E-state index is 5.62. The van der Waals surface area contributed by atoms with Crippen molar-refractivity contribution in [2.45, 2.75) is 45.4 Å². The molecule has 2 rings (SSSR count). The molecule has 1 aliphatic heterocycles. The summed E-state index contributed by atoms with van der Waals surface area (Å²) in [4.78, 5) is 7.37. The topological polar surface area (TPSA) is 49.9 Å². The second-order valence-electron chi connectivity index (χ2n) is 4.21. The molecule has 0 bridgehead atoms. The Balaban J connectivity index is 1.77. The van der Waals surface area contributed by atoms with Crippen LogP contribution in [0.3, 0.4) is 0 Å². The Labute approximate surface area is 90.4 Å². The molecule has 15 heavy (non-hydrogen) atoms. The normalized spacial score (nSPS) is 23.2. The number of imidazole rings is 1. The number of H-pyrrole nitrogens is 1. The van der Waals surface area contributed by atoms with E-state index in [0.29, 0.717) is 12.1 Å². The summed E-state index contributed by atoms with van der Waals surface area (Å²) >= 11 is 0. The van der Waals surface area contributed by atoms with Crippen LogP contribution in [0, 0.1) is 6.92 Å². The maximum absolute atomic E-state index is 5.62. The minimum absolute atomic E-state index is 0.383. The van der Waals surface area contributed by atoms with E-state index in [1.807, 2.05) is 13.1 Å². The fourth-order valence-corrected chi connectivity index (χ4v) is 1.96. The monoisotopic (exact) mass is 209 g/mol. The molecule has 0 radical (unpaired) electrons. The standard InChI is InChI=1S/C11H19N3O/c1-8(11-4-3-5-15-11)12-6-10-7-13-9(2)14-10/h7-8,11-12H,3-6H2,1-2H3,(H,13,14). The highest BCUT2D eigenvalue weighted by atomic mass is 16.5. The minimum Gasteiger partial charge on any atom is -0.377 e. The molecule has 4 heteroatoms. The van der Waals surface area contributed by atoms with E-state index in [2.05, 4.69) is 22.2 Å². The van der Waals surface area contributed by atoms with Gasteiger partial charge in [-0.2, -0.15) is 0 Å². The maximum Gasteiger partial charge on any atom is 0.103 e. The van der Waals surface area contributed by atoms with E-state index >= 15 is 0 Å². The largest absolute Gasteiger partial charge is 0.377 e. The van der Waals surface area contributed by atoms with Gasteiger partial charge in [0.1, 0.15) is 5.82 Å². The number of nitrogens with one attached hydrogen (secondary N) is 2. The molecule has 1 aromatic rings. The molecule has 1 fully saturated rings. The molecule has 2 N–H and O–H groups in total. The summed E-state index contributed by atoms with van der Waals surface area (Å²) in [6, 6.07) is 0.413. The van der Waals surface area contributed by atoms with Crippen molar-refractivity contribution >= 4 is 0 Å². The van der Waals surface area contributed by atoms with Gasteiger partial charge in [0, 0.05) is 31.1 Å². The smallest absolute Gasteiger partial charge is 0.103 e. The van der Waals surface area contributed by atoms with Crippen LogP contribution in [0.5, 0.6) is 0 Å². The lowest BCUT2D eigenvalue weighted by molar-refractivity contribution is 0.0831. The van der Waals surface area contributed by atoms with Crippen molar-refractivity contribution in [3.05, 3.63) is 17.7 Å². The lowest BCUT2D eigenvalue weighted by Gasteiger charge is -2.19. The third-order valence-electron chi connectivity index (χ3n) is 2.89. The van der Waals surface area contributed by atoms with E-state index in [9.17, 15) is 0 Å². The summed E-state index contributed by atoms with van der Waals surface area (Å²) in [6.07, 6.45) is 4.63. The van der Waals surface area contributed by atoms with E-state index < -0.39 is 0 Å². The summed E-state index contributed by atoms with van der Waals surface area (Å²) in [5, 5.41) is 3.46. The first-order valence-corrected chi connectivity index (χ1v) is 5.61. The summed E-state index contributed by atoms with van der Waals surface area (Å²) < 4.78 is 5.62. The molecule has 4 nitrogen and oxygen atoms in total. The lowest BCUT2D eigenvalue weighted by atomic mass is 10.1. The highest BCUT2D eigenvalue weighted by Gasteiger charge is 2.21. The Morgan fingerprint density at radius 2 is 2.60 bits per heavy atom. The van der Waals surface area contributed by atoms with Crippen LogP contribution in [0.4, 0.5) is 0 Å². The Hall–Kier alpha value is -0.870. The third kappa shape index (κ3) is 2.79. The van der Waals surface area contributed by atoms with Crippen LogP contribution in [0.25, 0.3) is 0 Å². The second-order valence-corrected chi connectivity index (χ2v) is 4.21. The predicted octanol–water partition coefficient (Wildman–Crippen LogP) is 1.38. The quantitative estimate of drug-likeness (QED) is 0.787. The number of rotatable bonds is 4. The average molecular weight is 209 g/mol. The number of aryl methyl sites for hydroxylation is 1. The Morgan fingerprint density at radius 3 is 3.20 bits per heavy atom. The fraction of sp³-hybridized carbons (Fsp3) is 0.727. The zero-order chi connectivity index (χ0) is 10.7. The summed E-state index contributed by atoms with van der Waals surface area (Å²) in [6.45, 7) is 5.90. The van der Waals surface area contributed by atoms with Gasteiger partial charge in [0.25, 0.3) is 0 Å². The van der Waals surface area contributed by atoms with Crippen molar-refractivity contribution in [2.24, 2.45) is 0 Å². The molecule has 0 aliphatic carbocycles. The molecule has 2 heterocycles. The van der Waals surface area contributed by atoms with E-state index in [-0.39, 0.29) is 0 Å². The molecular weight excluding hydrogens is 190 g/mol. The third-order valence-corrected chi connectivity index (χ3v) is 2.89. The number of hydrogen-bond acceptors (Lipinski definition) is 3. The number of aromatic nitrogens is 2. The summed E-state index contributed by atoms with van der Waals surface area (Å²) in [7, 11) is 0. The SMILES string of the molecule is Cc1ncc(CNC(C)C2CCCO2)[nH]1. The average Bonchev–Trinajstić information content (AvgIpc) is 2.84. The molecule has 2 atom stereocenters. The minimum atomic E-state index is 0.383. The van der Waals surface area contributed by atoms with Crippen LogP contribution in [0.2, 0.25) is 0 Å². The first-order chi connectivity index (χ1) is 7.25. The van der Waals surface area contributed by atoms with Crippen LogP contribution < -0.4 is 5.32 Å². The van der Waals surface area contributed by atoms with E-state index in [1.165, 1.54) is 12.8 Å². The molecule has 0 amide bonds. The van der Waals surface area contributed by atoms with Gasteiger partial charge < -0.3 is 15.0 Å². The highest BCUT2D eigenvalue weighted by Crippen LogP contribution is 2.15. The first-order valence-electron chi connectivity index (χ1n) is 5.61. The van der Waals surface area contributed by atoms with Gasteiger partial charge in [-0.1, -0.05) is 0 Å². The van der Waals surface area contributed by atoms with Gasteiger partial charge in [0.2, 0.25) is 0 Å². The molecule has 2 unspecified atom stereocenters. The van der Waals surface area contributed by atoms with Gasteiger partial charge >= 0.3 is 0 Å². The summed E-state index contributed by atoms with van der Waals surface area (Å²) in [5.41, 5.74) is 1.14. The second kappa shape index (κ2) is 4.77. The zero-order valence-electron chi connectivity index (χ0n) is 9.42. The molecular formula is C11H19N3O. The van der Waals surface area contributed by atoms with Crippen LogP contribution in [-0.2, 0) is 11.3 Å². The highest BCUT2D eigenvalue weighted by molar-refractivity contribution is 4.99. The molecule has 84 valence electrons. The van der Waals surface area contributed by atoms with Crippen molar-refractivity contribution in [3.63, 3.8) is 0 Å². The lowest BCUT2D eigenvalue weighted by Crippen LogP contribution is -2.36. The zero-order valence-corrected chi connectivity index (χ0v) is 9.42. The van der Waals surface area contributed by atoms with E-state index in [4.69, 9.17) is 4.74 Å². The van der Waals surface area contributed by atoms with Crippen LogP contribution >= 0.6 is 0 Å². The van der Waals surface area contributed by atoms with Crippen molar-refractivity contribution in [1.82, 2.24) is 15.3 Å². The molecule has 1 aliphatic rings. The van der Waals surface area contributed by atoms with Gasteiger partial charge in [-0.25, -0.2) is 4.98 Å². The van der Waals surface area contributed by atoms with Gasteiger partial charge in [-0.05, 0) is 26.7 Å². The van der Waals surface area contributed by atoms with Gasteiger partial charge in [0.05, 0.1) is 6.10 Å². The van der Waals surface area contributed by atoms with E-state index in [0.717, 1.165) is 24.7 Å². The number of ether oxygens (including phenoxy) is 1. The van der Waals surface area contributed by atoms with Gasteiger partial charge in [-0.3, -0.25) is 0 Å². The van der Waals surface area contributed by atoms with Gasteiger partial charge in [-0.15, -0.1) is 0 Å². The Bertz CT molecular complexity index is 305. The van der Waals surface area contributed by atoms with Crippen molar-refractivity contribution < 1.29 is 4.74 Å².